The summed E-state index contributed by atoms with van der Waals surface area (Å²) in [5.74, 6) is -2.81. The van der Waals surface area contributed by atoms with Gasteiger partial charge in [-0.3, -0.25) is 4.79 Å². The predicted molar refractivity (Wildman–Crippen MR) is 83.0 cm³/mol. The maximum atomic E-state index is 14.6. The molecule has 0 saturated carbocycles. The van der Waals surface area contributed by atoms with Crippen molar-refractivity contribution in [2.45, 2.75) is 37.5 Å². The van der Waals surface area contributed by atoms with Crippen LogP contribution in [0.3, 0.4) is 0 Å². The molecule has 0 aromatic heterocycles. The summed E-state index contributed by atoms with van der Waals surface area (Å²) in [6.45, 7) is 3.76. The maximum absolute atomic E-state index is 14.6. The second-order valence-corrected chi connectivity index (χ2v) is 7.10. The lowest BCUT2D eigenvalue weighted by Crippen LogP contribution is -2.24. The Morgan fingerprint density at radius 3 is 2.41 bits per heavy atom. The third-order valence-electron chi connectivity index (χ3n) is 3.21. The van der Waals surface area contributed by atoms with Crippen molar-refractivity contribution in [3.05, 3.63) is 29.1 Å². The van der Waals surface area contributed by atoms with Crippen LogP contribution >= 0.6 is 0 Å². The molecule has 1 amide bonds. The largest absolute Gasteiger partial charge is 0.370 e. The first-order valence-electron chi connectivity index (χ1n) is 6.76. The number of carbonyl (C=O) groups is 1. The van der Waals surface area contributed by atoms with Crippen molar-refractivity contribution in [1.29, 1.82) is 0 Å². The summed E-state index contributed by atoms with van der Waals surface area (Å²) >= 11 is 0. The summed E-state index contributed by atoms with van der Waals surface area (Å²) in [6, 6.07) is 2.65. The number of nitrogens with zero attached hydrogens (tertiary/aromatic N) is 1. The van der Waals surface area contributed by atoms with Gasteiger partial charge in [-0.25, -0.2) is 12.8 Å². The van der Waals surface area contributed by atoms with E-state index in [4.69, 9.17) is 11.5 Å². The Hall–Kier alpha value is -1.96. The molecule has 22 heavy (non-hydrogen) atoms. The lowest BCUT2D eigenvalue weighted by atomic mass is 9.95. The highest BCUT2D eigenvalue weighted by molar-refractivity contribution is 7.90. The molecule has 0 heterocycles. The first-order chi connectivity index (χ1) is 10.1. The van der Waals surface area contributed by atoms with Crippen LogP contribution < -0.4 is 11.5 Å². The molecule has 6 nitrogen and oxygen atoms in total. The molecule has 8 heteroatoms. The molecule has 0 spiro atoms. The average molecular weight is 329 g/mol. The standard InChI is InChI=1S/C14H20FN3O3S/c1-4-5-8(2)9-6-7-10(13(19)18-14(16)17)11(15)12(9)22(3,20)21/h6-8H,4-5H2,1-3H3,(H4,16,17,18,19). The summed E-state index contributed by atoms with van der Waals surface area (Å²) in [4.78, 5) is 14.6. The normalized spacial score (nSPS) is 12.7. The number of carbonyl (C=O) groups excluding carboxylic acids is 1. The van der Waals surface area contributed by atoms with Crippen LogP contribution in [-0.4, -0.2) is 26.5 Å². The van der Waals surface area contributed by atoms with Crippen LogP contribution in [0, 0.1) is 5.82 Å². The van der Waals surface area contributed by atoms with Crippen LogP contribution in [0.1, 0.15) is 48.5 Å². The zero-order valence-electron chi connectivity index (χ0n) is 12.8. The number of benzene rings is 1. The van der Waals surface area contributed by atoms with Gasteiger partial charge in [0.2, 0.25) is 0 Å². The Bertz CT molecular complexity index is 710. The fourth-order valence-corrected chi connectivity index (χ4v) is 3.40. The Labute approximate surface area is 129 Å². The summed E-state index contributed by atoms with van der Waals surface area (Å²) in [5, 5.41) is 0. The average Bonchev–Trinajstić information content (AvgIpc) is 2.35. The van der Waals surface area contributed by atoms with Gasteiger partial charge in [0.25, 0.3) is 5.91 Å². The Kier molecular flexibility index (Phi) is 5.65. The quantitative estimate of drug-likeness (QED) is 0.628. The SMILES string of the molecule is CCCC(C)c1ccc(C(=O)N=C(N)N)c(F)c1S(C)(=O)=O. The van der Waals surface area contributed by atoms with E-state index in [0.717, 1.165) is 12.7 Å². The predicted octanol–water partition coefficient (Wildman–Crippen LogP) is 1.55. The van der Waals surface area contributed by atoms with E-state index in [9.17, 15) is 17.6 Å². The van der Waals surface area contributed by atoms with Crippen molar-refractivity contribution in [2.24, 2.45) is 16.5 Å². The fraction of sp³-hybridized carbons (Fsp3) is 0.429. The molecular formula is C14H20FN3O3S. The van der Waals surface area contributed by atoms with Crippen molar-refractivity contribution >= 4 is 21.7 Å². The van der Waals surface area contributed by atoms with E-state index < -0.39 is 38.0 Å². The van der Waals surface area contributed by atoms with E-state index in [-0.39, 0.29) is 5.92 Å². The number of hydrogen-bond acceptors (Lipinski definition) is 3. The minimum absolute atomic E-state index is 0.156. The zero-order valence-corrected chi connectivity index (χ0v) is 13.6. The lowest BCUT2D eigenvalue weighted by Gasteiger charge is -2.16. The number of rotatable bonds is 5. The van der Waals surface area contributed by atoms with Crippen molar-refractivity contribution in [1.82, 2.24) is 0 Å². The third kappa shape index (κ3) is 4.03. The molecular weight excluding hydrogens is 309 g/mol. The molecule has 1 aromatic carbocycles. The second-order valence-electron chi connectivity index (χ2n) is 5.15. The van der Waals surface area contributed by atoms with E-state index in [1.807, 2.05) is 13.8 Å². The number of hydrogen-bond donors (Lipinski definition) is 2. The first-order valence-corrected chi connectivity index (χ1v) is 8.65. The molecule has 0 saturated heterocycles. The molecule has 0 aliphatic rings. The Morgan fingerprint density at radius 1 is 1.36 bits per heavy atom. The summed E-state index contributed by atoms with van der Waals surface area (Å²) in [5.41, 5.74) is 10.1. The molecule has 0 aliphatic carbocycles. The van der Waals surface area contributed by atoms with Gasteiger partial charge in [0.15, 0.2) is 21.6 Å². The van der Waals surface area contributed by atoms with Crippen molar-refractivity contribution < 1.29 is 17.6 Å². The van der Waals surface area contributed by atoms with Crippen LogP contribution in [-0.2, 0) is 9.84 Å². The summed E-state index contributed by atoms with van der Waals surface area (Å²) in [6.07, 6.45) is 2.42. The van der Waals surface area contributed by atoms with Crippen LogP contribution in [0.5, 0.6) is 0 Å². The minimum Gasteiger partial charge on any atom is -0.370 e. The monoisotopic (exact) mass is 329 g/mol. The van der Waals surface area contributed by atoms with Gasteiger partial charge in [-0.2, -0.15) is 4.99 Å². The fourth-order valence-electron chi connectivity index (χ4n) is 2.27. The molecule has 0 bridgehead atoms. The number of guanidine groups is 1. The van der Waals surface area contributed by atoms with Crippen LogP contribution in [0.15, 0.2) is 22.0 Å². The number of aliphatic imine (C=N–C) groups is 1. The van der Waals surface area contributed by atoms with E-state index in [2.05, 4.69) is 4.99 Å². The van der Waals surface area contributed by atoms with Gasteiger partial charge in [0, 0.05) is 6.26 Å². The highest BCUT2D eigenvalue weighted by Gasteiger charge is 2.26. The van der Waals surface area contributed by atoms with Crippen LogP contribution in [0.25, 0.3) is 0 Å². The van der Waals surface area contributed by atoms with Gasteiger partial charge < -0.3 is 11.5 Å². The highest BCUT2D eigenvalue weighted by Crippen LogP contribution is 2.31. The van der Waals surface area contributed by atoms with Gasteiger partial charge in [0.05, 0.1) is 5.56 Å². The van der Waals surface area contributed by atoms with E-state index in [1.165, 1.54) is 12.1 Å². The highest BCUT2D eigenvalue weighted by atomic mass is 32.2. The van der Waals surface area contributed by atoms with Crippen LogP contribution in [0.4, 0.5) is 4.39 Å². The third-order valence-corrected chi connectivity index (χ3v) is 4.37. The molecule has 1 rings (SSSR count). The summed E-state index contributed by atoms with van der Waals surface area (Å²) < 4.78 is 38.5. The molecule has 4 N–H and O–H groups in total. The van der Waals surface area contributed by atoms with E-state index in [1.54, 1.807) is 0 Å². The maximum Gasteiger partial charge on any atom is 0.283 e. The lowest BCUT2D eigenvalue weighted by molar-refractivity contribution is 0.0998. The van der Waals surface area contributed by atoms with Gasteiger partial charge in [-0.15, -0.1) is 0 Å². The molecule has 0 radical (unpaired) electrons. The number of sulfone groups is 1. The molecule has 122 valence electrons. The van der Waals surface area contributed by atoms with Gasteiger partial charge >= 0.3 is 0 Å². The first kappa shape index (κ1) is 18.1. The smallest absolute Gasteiger partial charge is 0.283 e. The summed E-state index contributed by atoms with van der Waals surface area (Å²) in [7, 11) is -3.85. The second kappa shape index (κ2) is 6.87. The molecule has 0 fully saturated rings. The molecule has 1 aromatic rings. The van der Waals surface area contributed by atoms with Crippen molar-refractivity contribution in [3.63, 3.8) is 0 Å². The topological polar surface area (TPSA) is 116 Å². The van der Waals surface area contributed by atoms with Crippen molar-refractivity contribution in [2.75, 3.05) is 6.26 Å². The minimum atomic E-state index is -3.85. The number of amides is 1. The van der Waals surface area contributed by atoms with E-state index in [0.29, 0.717) is 12.0 Å². The Balaban J connectivity index is 3.58. The molecule has 0 aliphatic heterocycles. The molecule has 1 atom stereocenters. The zero-order chi connectivity index (χ0) is 17.1. The van der Waals surface area contributed by atoms with Gasteiger partial charge in [-0.1, -0.05) is 26.3 Å². The van der Waals surface area contributed by atoms with Gasteiger partial charge in [-0.05, 0) is 24.0 Å². The van der Waals surface area contributed by atoms with Crippen LogP contribution in [0.2, 0.25) is 0 Å². The van der Waals surface area contributed by atoms with Gasteiger partial charge in [0.1, 0.15) is 4.90 Å². The Morgan fingerprint density at radius 2 is 1.95 bits per heavy atom. The number of halogens is 1. The van der Waals surface area contributed by atoms with E-state index >= 15 is 0 Å². The van der Waals surface area contributed by atoms with Crippen molar-refractivity contribution in [3.8, 4) is 0 Å². The molecule has 1 unspecified atom stereocenters. The number of nitrogens with two attached hydrogens (primary N) is 2.